The highest BCUT2D eigenvalue weighted by atomic mass is 35.5. The molecule has 0 spiro atoms. The summed E-state index contributed by atoms with van der Waals surface area (Å²) in [5.74, 6) is 0.772. The molecular formula is C20H27ClN2O3. The second-order valence-corrected chi connectivity index (χ2v) is 7.23. The zero-order chi connectivity index (χ0) is 18.5. The Hall–Kier alpha value is -1.72. The van der Waals surface area contributed by atoms with E-state index >= 15 is 0 Å². The van der Waals surface area contributed by atoms with Gasteiger partial charge in [0.15, 0.2) is 17.3 Å². The van der Waals surface area contributed by atoms with E-state index in [-0.39, 0.29) is 10.8 Å². The molecule has 6 heteroatoms. The Morgan fingerprint density at radius 1 is 1.12 bits per heavy atom. The molecule has 1 aromatic rings. The number of allylic oxidation sites excluding steroid dienone is 1. The Balaban J connectivity index is 1.60. The van der Waals surface area contributed by atoms with Gasteiger partial charge in [0.25, 0.3) is 0 Å². The third-order valence-corrected chi connectivity index (χ3v) is 5.75. The van der Waals surface area contributed by atoms with Crippen molar-refractivity contribution in [3.63, 3.8) is 0 Å². The van der Waals surface area contributed by atoms with Gasteiger partial charge < -0.3 is 14.4 Å². The largest absolute Gasteiger partial charge is 0.493 e. The molecule has 0 N–H and O–H groups in total. The van der Waals surface area contributed by atoms with Crippen molar-refractivity contribution in [1.29, 1.82) is 0 Å². The molecule has 1 heterocycles. The molecule has 5 nitrogen and oxygen atoms in total. The number of hydrogen-bond donors (Lipinski definition) is 0. The van der Waals surface area contributed by atoms with E-state index in [0.29, 0.717) is 17.1 Å². The van der Waals surface area contributed by atoms with Crippen LogP contribution in [0.25, 0.3) is 0 Å². The second-order valence-electron chi connectivity index (χ2n) is 6.85. The summed E-state index contributed by atoms with van der Waals surface area (Å²) in [6, 6.07) is 4.15. The van der Waals surface area contributed by atoms with E-state index in [0.717, 1.165) is 32.2 Å². The first kappa shape index (κ1) is 19.1. The van der Waals surface area contributed by atoms with Crippen LogP contribution in [-0.2, 0) is 0 Å². The first-order valence-corrected chi connectivity index (χ1v) is 9.63. The van der Waals surface area contributed by atoms with Crippen molar-refractivity contribution in [2.24, 2.45) is 0 Å². The van der Waals surface area contributed by atoms with Crippen molar-refractivity contribution in [2.45, 2.75) is 31.7 Å². The summed E-state index contributed by atoms with van der Waals surface area (Å²) in [5.41, 5.74) is 0.421. The fourth-order valence-electron chi connectivity index (χ4n) is 3.86. The molecule has 142 valence electrons. The molecule has 2 aliphatic rings. The van der Waals surface area contributed by atoms with Crippen molar-refractivity contribution >= 4 is 17.4 Å². The van der Waals surface area contributed by atoms with Gasteiger partial charge in [-0.05, 0) is 25.0 Å². The minimum absolute atomic E-state index is 0.130. The van der Waals surface area contributed by atoms with Crippen molar-refractivity contribution in [1.82, 2.24) is 9.80 Å². The average Bonchev–Trinajstić information content (AvgIpc) is 3.21. The average molecular weight is 379 g/mol. The van der Waals surface area contributed by atoms with Crippen molar-refractivity contribution in [3.8, 4) is 11.5 Å². The van der Waals surface area contributed by atoms with E-state index in [9.17, 15) is 4.79 Å². The Morgan fingerprint density at radius 3 is 2.42 bits per heavy atom. The molecular weight excluding hydrogens is 352 g/mol. The third-order valence-electron chi connectivity index (χ3n) is 5.38. The molecule has 0 atom stereocenters. The first-order valence-electron chi connectivity index (χ1n) is 9.25. The van der Waals surface area contributed by atoms with Gasteiger partial charge in [-0.3, -0.25) is 9.69 Å². The zero-order valence-corrected chi connectivity index (χ0v) is 16.3. The predicted molar refractivity (Wildman–Crippen MR) is 103 cm³/mol. The van der Waals surface area contributed by atoms with Gasteiger partial charge in [0, 0.05) is 50.1 Å². The van der Waals surface area contributed by atoms with Crippen LogP contribution < -0.4 is 9.47 Å². The summed E-state index contributed by atoms with van der Waals surface area (Å²) in [5, 5.41) is 0.285. The number of rotatable bonds is 6. The highest BCUT2D eigenvalue weighted by molar-refractivity contribution is 6.36. The zero-order valence-electron chi connectivity index (χ0n) is 15.5. The molecule has 0 unspecified atom stereocenters. The number of carbonyl (C=O) groups is 1. The maximum atomic E-state index is 12.5. The molecule has 0 bridgehead atoms. The Kier molecular flexibility index (Phi) is 6.43. The van der Waals surface area contributed by atoms with Crippen molar-refractivity contribution < 1.29 is 14.3 Å². The standard InChI is InChI=1S/C20H27ClN2O3/c1-25-18-8-7-16(19(21)20(18)26-2)17(24)9-10-22-11-13-23(14-12-22)15-5-3-4-6-15/h7-10,15H,3-6,11-14H2,1-2H3. The molecule has 1 aromatic carbocycles. The fraction of sp³-hybridized carbons (Fsp3) is 0.550. The highest BCUT2D eigenvalue weighted by Crippen LogP contribution is 2.37. The first-order chi connectivity index (χ1) is 12.6. The maximum absolute atomic E-state index is 12.5. The van der Waals surface area contributed by atoms with Gasteiger partial charge in [0.2, 0.25) is 0 Å². The van der Waals surface area contributed by atoms with Crippen LogP contribution in [0.5, 0.6) is 11.5 Å². The molecule has 2 fully saturated rings. The van der Waals surface area contributed by atoms with Gasteiger partial charge in [-0.25, -0.2) is 0 Å². The van der Waals surface area contributed by atoms with E-state index in [1.807, 2.05) is 6.20 Å². The topological polar surface area (TPSA) is 42.0 Å². The normalized spacial score (nSPS) is 19.3. The Labute approximate surface area is 160 Å². The molecule has 0 amide bonds. The van der Waals surface area contributed by atoms with Crippen LogP contribution >= 0.6 is 11.6 Å². The summed E-state index contributed by atoms with van der Waals surface area (Å²) in [7, 11) is 3.05. The van der Waals surface area contributed by atoms with Crippen LogP contribution in [0.4, 0.5) is 0 Å². The van der Waals surface area contributed by atoms with Crippen LogP contribution in [0.15, 0.2) is 24.4 Å². The summed E-state index contributed by atoms with van der Waals surface area (Å²) in [6.45, 7) is 4.06. The number of carbonyl (C=O) groups excluding carboxylic acids is 1. The smallest absolute Gasteiger partial charge is 0.188 e. The number of piperazine rings is 1. The lowest BCUT2D eigenvalue weighted by molar-refractivity contribution is 0.103. The summed E-state index contributed by atoms with van der Waals surface area (Å²) < 4.78 is 10.5. The molecule has 1 saturated carbocycles. The number of halogens is 1. The number of ether oxygens (including phenoxy) is 2. The van der Waals surface area contributed by atoms with Crippen LogP contribution in [-0.4, -0.2) is 62.0 Å². The van der Waals surface area contributed by atoms with E-state index in [1.54, 1.807) is 25.3 Å². The predicted octanol–water partition coefficient (Wildman–Crippen LogP) is 3.61. The molecule has 1 aliphatic heterocycles. The number of nitrogens with zero attached hydrogens (tertiary/aromatic N) is 2. The number of ketones is 1. The maximum Gasteiger partial charge on any atom is 0.188 e. The van der Waals surface area contributed by atoms with Gasteiger partial charge in [-0.2, -0.15) is 0 Å². The number of hydrogen-bond acceptors (Lipinski definition) is 5. The van der Waals surface area contributed by atoms with Crippen LogP contribution in [0.3, 0.4) is 0 Å². The second kappa shape index (κ2) is 8.78. The molecule has 1 aliphatic carbocycles. The van der Waals surface area contributed by atoms with Gasteiger partial charge in [-0.1, -0.05) is 24.4 Å². The van der Waals surface area contributed by atoms with Crippen LogP contribution in [0.2, 0.25) is 5.02 Å². The van der Waals surface area contributed by atoms with E-state index in [1.165, 1.54) is 32.8 Å². The lowest BCUT2D eigenvalue weighted by Gasteiger charge is -2.37. The molecule has 0 radical (unpaired) electrons. The Morgan fingerprint density at radius 2 is 1.81 bits per heavy atom. The van der Waals surface area contributed by atoms with Crippen LogP contribution in [0, 0.1) is 0 Å². The lowest BCUT2D eigenvalue weighted by Crippen LogP contribution is -2.47. The monoisotopic (exact) mass is 378 g/mol. The van der Waals surface area contributed by atoms with E-state index < -0.39 is 0 Å². The molecule has 1 saturated heterocycles. The summed E-state index contributed by atoms with van der Waals surface area (Å²) >= 11 is 6.32. The van der Waals surface area contributed by atoms with Crippen molar-refractivity contribution in [3.05, 3.63) is 35.0 Å². The summed E-state index contributed by atoms with van der Waals surface area (Å²) in [6.07, 6.45) is 8.90. The van der Waals surface area contributed by atoms with Gasteiger partial charge in [0.05, 0.1) is 19.2 Å². The minimum atomic E-state index is -0.130. The molecule has 0 aromatic heterocycles. The lowest BCUT2D eigenvalue weighted by atomic mass is 10.1. The van der Waals surface area contributed by atoms with E-state index in [2.05, 4.69) is 9.80 Å². The van der Waals surface area contributed by atoms with Gasteiger partial charge in [-0.15, -0.1) is 0 Å². The van der Waals surface area contributed by atoms with Gasteiger partial charge >= 0.3 is 0 Å². The summed E-state index contributed by atoms with van der Waals surface area (Å²) in [4.78, 5) is 17.4. The number of benzene rings is 1. The Bertz CT molecular complexity index is 663. The van der Waals surface area contributed by atoms with Crippen molar-refractivity contribution in [2.75, 3.05) is 40.4 Å². The van der Waals surface area contributed by atoms with E-state index in [4.69, 9.17) is 21.1 Å². The van der Waals surface area contributed by atoms with Gasteiger partial charge in [0.1, 0.15) is 0 Å². The fourth-order valence-corrected chi connectivity index (χ4v) is 4.19. The molecule has 26 heavy (non-hydrogen) atoms. The SMILES string of the molecule is COc1ccc(C(=O)C=CN2CCN(C3CCCC3)CC2)c(Cl)c1OC. The number of methoxy groups -OCH3 is 2. The third kappa shape index (κ3) is 4.15. The highest BCUT2D eigenvalue weighted by Gasteiger charge is 2.25. The molecule has 3 rings (SSSR count). The van der Waals surface area contributed by atoms with Crippen LogP contribution in [0.1, 0.15) is 36.0 Å². The quantitative estimate of drug-likeness (QED) is 0.558. The minimum Gasteiger partial charge on any atom is -0.493 e.